The second-order valence-electron chi connectivity index (χ2n) is 9.81. The minimum Gasteiger partial charge on any atom is -0.478 e. The molecule has 2 aromatic heterocycles. The molecule has 1 aromatic carbocycles. The van der Waals surface area contributed by atoms with E-state index in [2.05, 4.69) is 5.32 Å². The monoisotopic (exact) mass is 482 g/mol. The van der Waals surface area contributed by atoms with E-state index >= 15 is 0 Å². The number of aromatic nitrogens is 2. The quantitative estimate of drug-likeness (QED) is 0.535. The number of aryl methyl sites for hydroxylation is 1. The molecule has 2 bridgehead atoms. The number of carboxylic acid groups (broad SMARTS) is 1. The molecule has 2 saturated heterocycles. The maximum Gasteiger partial charge on any atom is 0.337 e. The van der Waals surface area contributed by atoms with E-state index in [4.69, 9.17) is 4.98 Å². The summed E-state index contributed by atoms with van der Waals surface area (Å²) >= 11 is 0. The van der Waals surface area contributed by atoms with Crippen LogP contribution in [-0.2, 0) is 0 Å². The third-order valence-corrected chi connectivity index (χ3v) is 7.22. The molecule has 3 aromatic rings. The molecule has 3 atom stereocenters. The number of fused-ring (bicyclic) bond motifs is 3. The standard InChI is InChI=1S/C26H28F2N4O3/c1-14-10-20(16(3)29-21-7-5-4-6-19(21)25(34)35)23-30-22(15(2)24(33)31(23)13-14)32-17-8-9-18(32)12-26(27,28)11-17/h4-7,10,13,16-18,29H,8-9,11-12H2,1-3H3,(H,34,35)/t16-,17?,18?/m1/s1. The summed E-state index contributed by atoms with van der Waals surface area (Å²) in [5.74, 6) is -3.26. The Hall–Kier alpha value is -3.49. The number of aromatic carboxylic acids is 1. The summed E-state index contributed by atoms with van der Waals surface area (Å²) in [6.45, 7) is 5.46. The maximum absolute atomic E-state index is 14.2. The topological polar surface area (TPSA) is 86.9 Å². The zero-order valence-electron chi connectivity index (χ0n) is 19.9. The van der Waals surface area contributed by atoms with Gasteiger partial charge >= 0.3 is 5.97 Å². The first-order chi connectivity index (χ1) is 16.6. The number of para-hydroxylation sites is 1. The SMILES string of the molecule is Cc1cc([C@@H](C)Nc2ccccc2C(=O)O)c2nc(N3C4CCC3CC(F)(F)C4)c(C)c(=O)n2c1. The molecule has 9 heteroatoms. The molecule has 0 saturated carbocycles. The van der Waals surface area contributed by atoms with E-state index in [1.807, 2.05) is 24.8 Å². The molecule has 0 amide bonds. The average molecular weight is 483 g/mol. The van der Waals surface area contributed by atoms with Gasteiger partial charge in [0.1, 0.15) is 11.5 Å². The van der Waals surface area contributed by atoms with Crippen LogP contribution in [0.2, 0.25) is 0 Å². The Bertz CT molecular complexity index is 1370. The molecule has 2 unspecified atom stereocenters. The van der Waals surface area contributed by atoms with E-state index in [-0.39, 0.29) is 42.1 Å². The number of benzene rings is 1. The minimum atomic E-state index is -2.69. The summed E-state index contributed by atoms with van der Waals surface area (Å²) < 4.78 is 29.9. The van der Waals surface area contributed by atoms with E-state index in [1.54, 1.807) is 31.3 Å². The fourth-order valence-corrected chi connectivity index (χ4v) is 5.64. The van der Waals surface area contributed by atoms with Crippen LogP contribution in [0.25, 0.3) is 5.65 Å². The minimum absolute atomic E-state index is 0.142. The number of anilines is 2. The third-order valence-electron chi connectivity index (χ3n) is 7.22. The lowest BCUT2D eigenvalue weighted by Gasteiger charge is -2.40. The van der Waals surface area contributed by atoms with Crippen molar-refractivity contribution < 1.29 is 18.7 Å². The van der Waals surface area contributed by atoms with Gasteiger partial charge in [0, 0.05) is 42.4 Å². The van der Waals surface area contributed by atoms with Gasteiger partial charge in [-0.25, -0.2) is 18.6 Å². The lowest BCUT2D eigenvalue weighted by molar-refractivity contribution is -0.0359. The zero-order chi connectivity index (χ0) is 25.1. The van der Waals surface area contributed by atoms with Crippen LogP contribution in [0.3, 0.4) is 0 Å². The Labute approximate surface area is 201 Å². The van der Waals surface area contributed by atoms with Gasteiger partial charge in [-0.1, -0.05) is 12.1 Å². The first-order valence-corrected chi connectivity index (χ1v) is 11.8. The largest absolute Gasteiger partial charge is 0.478 e. The Balaban J connectivity index is 1.62. The number of rotatable bonds is 5. The molecule has 2 N–H and O–H groups in total. The van der Waals surface area contributed by atoms with Gasteiger partial charge in [0.2, 0.25) is 0 Å². The molecule has 2 aliphatic heterocycles. The molecule has 184 valence electrons. The summed E-state index contributed by atoms with van der Waals surface area (Å²) in [6, 6.07) is 7.48. The number of carbonyl (C=O) groups is 1. The van der Waals surface area contributed by atoms with E-state index < -0.39 is 11.9 Å². The molecule has 7 nitrogen and oxygen atoms in total. The highest BCUT2D eigenvalue weighted by Crippen LogP contribution is 2.45. The number of hydrogen-bond donors (Lipinski definition) is 2. The fourth-order valence-electron chi connectivity index (χ4n) is 5.64. The third kappa shape index (κ3) is 4.02. The number of nitrogens with one attached hydrogen (secondary N) is 1. The van der Waals surface area contributed by atoms with E-state index in [9.17, 15) is 23.5 Å². The van der Waals surface area contributed by atoms with Gasteiger partial charge in [0.25, 0.3) is 11.5 Å². The average Bonchev–Trinajstić information content (AvgIpc) is 3.07. The molecule has 35 heavy (non-hydrogen) atoms. The summed E-state index contributed by atoms with van der Waals surface area (Å²) in [7, 11) is 0. The van der Waals surface area contributed by atoms with Crippen molar-refractivity contribution in [3.05, 3.63) is 69.1 Å². The number of pyridine rings is 1. The molecule has 0 radical (unpaired) electrons. The number of alkyl halides is 2. The van der Waals surface area contributed by atoms with Crippen LogP contribution in [0.1, 0.15) is 65.7 Å². The number of halogens is 2. The lowest BCUT2D eigenvalue weighted by Crippen LogP contribution is -2.48. The Morgan fingerprint density at radius 2 is 1.86 bits per heavy atom. The van der Waals surface area contributed by atoms with Gasteiger partial charge in [-0.15, -0.1) is 0 Å². The van der Waals surface area contributed by atoms with Crippen LogP contribution in [-0.4, -0.2) is 38.5 Å². The second kappa shape index (κ2) is 8.32. The van der Waals surface area contributed by atoms with Crippen molar-refractivity contribution in [2.75, 3.05) is 10.2 Å². The molecular formula is C26H28F2N4O3. The van der Waals surface area contributed by atoms with Gasteiger partial charge in [-0.05, 0) is 57.4 Å². The summed E-state index contributed by atoms with van der Waals surface area (Å²) in [5.41, 5.74) is 2.81. The number of nitrogens with zero attached hydrogens (tertiary/aromatic N) is 3. The van der Waals surface area contributed by atoms with Gasteiger partial charge in [0.05, 0.1) is 17.2 Å². The lowest BCUT2D eigenvalue weighted by atomic mass is 9.98. The van der Waals surface area contributed by atoms with Gasteiger partial charge in [-0.2, -0.15) is 0 Å². The molecule has 2 aliphatic rings. The smallest absolute Gasteiger partial charge is 0.337 e. The summed E-state index contributed by atoms with van der Waals surface area (Å²) in [5, 5.41) is 12.8. The van der Waals surface area contributed by atoms with Crippen molar-refractivity contribution in [3.8, 4) is 0 Å². The van der Waals surface area contributed by atoms with Crippen LogP contribution >= 0.6 is 0 Å². The van der Waals surface area contributed by atoms with Crippen LogP contribution in [0.15, 0.2) is 41.3 Å². The highest BCUT2D eigenvalue weighted by atomic mass is 19.3. The second-order valence-corrected chi connectivity index (χ2v) is 9.81. The van der Waals surface area contributed by atoms with Crippen molar-refractivity contribution in [1.29, 1.82) is 0 Å². The van der Waals surface area contributed by atoms with Crippen molar-refractivity contribution in [3.63, 3.8) is 0 Å². The van der Waals surface area contributed by atoms with Crippen molar-refractivity contribution in [2.24, 2.45) is 0 Å². The Kier molecular flexibility index (Phi) is 5.53. The summed E-state index contributed by atoms with van der Waals surface area (Å²) in [4.78, 5) is 31.9. The highest BCUT2D eigenvalue weighted by Gasteiger charge is 2.50. The first-order valence-electron chi connectivity index (χ1n) is 11.8. The molecule has 0 spiro atoms. The molecule has 4 heterocycles. The van der Waals surface area contributed by atoms with Crippen molar-refractivity contribution in [2.45, 2.75) is 70.5 Å². The van der Waals surface area contributed by atoms with E-state index in [1.165, 1.54) is 10.5 Å². The van der Waals surface area contributed by atoms with E-state index in [0.29, 0.717) is 35.6 Å². The predicted molar refractivity (Wildman–Crippen MR) is 130 cm³/mol. The van der Waals surface area contributed by atoms with E-state index in [0.717, 1.165) is 11.1 Å². The molecule has 5 rings (SSSR count). The summed E-state index contributed by atoms with van der Waals surface area (Å²) in [6.07, 6.45) is 2.59. The van der Waals surface area contributed by atoms with Crippen LogP contribution in [0.5, 0.6) is 0 Å². The normalized spacial score (nSPS) is 21.8. The van der Waals surface area contributed by atoms with Crippen LogP contribution in [0, 0.1) is 13.8 Å². The van der Waals surface area contributed by atoms with Crippen molar-refractivity contribution >= 4 is 23.1 Å². The highest BCUT2D eigenvalue weighted by molar-refractivity contribution is 5.94. The predicted octanol–water partition coefficient (Wildman–Crippen LogP) is 4.95. The zero-order valence-corrected chi connectivity index (χ0v) is 19.9. The molecule has 0 aliphatic carbocycles. The number of piperidine rings is 1. The fraction of sp³-hybridized carbons (Fsp3) is 0.423. The first kappa shape index (κ1) is 23.3. The molecule has 2 fully saturated rings. The molecular weight excluding hydrogens is 454 g/mol. The van der Waals surface area contributed by atoms with Gasteiger partial charge in [0.15, 0.2) is 0 Å². The Morgan fingerprint density at radius 1 is 1.20 bits per heavy atom. The van der Waals surface area contributed by atoms with Gasteiger partial charge < -0.3 is 15.3 Å². The van der Waals surface area contributed by atoms with Crippen LogP contribution < -0.4 is 15.8 Å². The van der Waals surface area contributed by atoms with Crippen LogP contribution in [0.4, 0.5) is 20.3 Å². The van der Waals surface area contributed by atoms with Gasteiger partial charge in [-0.3, -0.25) is 9.20 Å². The number of hydrogen-bond acceptors (Lipinski definition) is 5. The number of carboxylic acids is 1. The maximum atomic E-state index is 14.2. The van der Waals surface area contributed by atoms with Crippen molar-refractivity contribution in [1.82, 2.24) is 9.38 Å². The Morgan fingerprint density at radius 3 is 2.51 bits per heavy atom.